The summed E-state index contributed by atoms with van der Waals surface area (Å²) >= 11 is 4.98. The van der Waals surface area contributed by atoms with Gasteiger partial charge in [-0.2, -0.15) is 0 Å². The van der Waals surface area contributed by atoms with Crippen LogP contribution in [0.25, 0.3) is 0 Å². The molecule has 0 heterocycles. The second-order valence-electron chi connectivity index (χ2n) is 4.57. The van der Waals surface area contributed by atoms with Gasteiger partial charge in [0.1, 0.15) is 0 Å². The fourth-order valence-electron chi connectivity index (χ4n) is 1.95. The van der Waals surface area contributed by atoms with E-state index in [9.17, 15) is 9.59 Å². The van der Waals surface area contributed by atoms with Crippen molar-refractivity contribution in [2.24, 2.45) is 5.73 Å². The van der Waals surface area contributed by atoms with Gasteiger partial charge in [-0.25, -0.2) is 0 Å². The molecule has 0 fully saturated rings. The highest BCUT2D eigenvalue weighted by Gasteiger charge is 2.20. The van der Waals surface area contributed by atoms with Crippen molar-refractivity contribution in [1.29, 1.82) is 0 Å². The van der Waals surface area contributed by atoms with E-state index in [0.29, 0.717) is 16.9 Å². The highest BCUT2D eigenvalue weighted by atomic mass is 32.1. The maximum atomic E-state index is 12.6. The molecule has 112 valence electrons. The number of benzene rings is 2. The second-order valence-corrected chi connectivity index (χ2v) is 4.99. The lowest BCUT2D eigenvalue weighted by molar-refractivity contribution is -0.114. The van der Waals surface area contributed by atoms with E-state index < -0.39 is 0 Å². The second kappa shape index (κ2) is 6.82. The van der Waals surface area contributed by atoms with Gasteiger partial charge < -0.3 is 11.1 Å². The summed E-state index contributed by atoms with van der Waals surface area (Å²) in [6.07, 6.45) is 0. The van der Waals surface area contributed by atoms with Gasteiger partial charge >= 0.3 is 0 Å². The van der Waals surface area contributed by atoms with Crippen LogP contribution in [-0.2, 0) is 4.79 Å². The quantitative estimate of drug-likeness (QED) is 0.854. The Balaban J connectivity index is 2.28. The molecular weight excluding hydrogens is 298 g/mol. The molecule has 0 aliphatic carbocycles. The van der Waals surface area contributed by atoms with Gasteiger partial charge in [0, 0.05) is 18.2 Å². The number of carbonyl (C=O) groups excluding carboxylic acids is 2. The molecule has 0 saturated heterocycles. The molecule has 0 radical (unpaired) electrons. The van der Waals surface area contributed by atoms with Crippen LogP contribution >= 0.6 is 12.2 Å². The lowest BCUT2D eigenvalue weighted by Crippen LogP contribution is -2.40. The minimum Gasteiger partial charge on any atom is -0.376 e. The summed E-state index contributed by atoms with van der Waals surface area (Å²) in [6.45, 7) is 1.42. The number of anilines is 2. The third-order valence-corrected chi connectivity index (χ3v) is 3.07. The Morgan fingerprint density at radius 1 is 1.05 bits per heavy atom. The SMILES string of the molecule is CC(=O)Nc1ccc(C(=O)N(C(N)=S)c2ccccc2)cc1. The van der Waals surface area contributed by atoms with Crippen LogP contribution in [0.2, 0.25) is 0 Å². The van der Waals surface area contributed by atoms with Gasteiger partial charge in [-0.1, -0.05) is 18.2 Å². The summed E-state index contributed by atoms with van der Waals surface area (Å²) in [5.74, 6) is -0.499. The molecule has 0 bridgehead atoms. The molecule has 2 amide bonds. The van der Waals surface area contributed by atoms with Crippen LogP contribution < -0.4 is 16.0 Å². The van der Waals surface area contributed by atoms with Crippen LogP contribution in [0.5, 0.6) is 0 Å². The van der Waals surface area contributed by atoms with Gasteiger partial charge in [-0.15, -0.1) is 0 Å². The number of rotatable bonds is 3. The third kappa shape index (κ3) is 3.67. The van der Waals surface area contributed by atoms with E-state index in [4.69, 9.17) is 18.0 Å². The smallest absolute Gasteiger partial charge is 0.264 e. The van der Waals surface area contributed by atoms with Crippen LogP contribution in [0.3, 0.4) is 0 Å². The van der Waals surface area contributed by atoms with E-state index in [0.717, 1.165) is 0 Å². The van der Waals surface area contributed by atoms with Gasteiger partial charge in [0.2, 0.25) is 5.91 Å². The molecule has 2 aromatic carbocycles. The van der Waals surface area contributed by atoms with Gasteiger partial charge in [-0.05, 0) is 48.6 Å². The van der Waals surface area contributed by atoms with Crippen molar-refractivity contribution in [3.63, 3.8) is 0 Å². The number of nitrogens with two attached hydrogens (primary N) is 1. The normalized spacial score (nSPS) is 9.86. The summed E-state index contributed by atoms with van der Waals surface area (Å²) in [6, 6.07) is 15.5. The van der Waals surface area contributed by atoms with Crippen molar-refractivity contribution < 1.29 is 9.59 Å². The highest BCUT2D eigenvalue weighted by Crippen LogP contribution is 2.18. The van der Waals surface area contributed by atoms with E-state index in [1.54, 1.807) is 48.5 Å². The third-order valence-electron chi connectivity index (χ3n) is 2.89. The summed E-state index contributed by atoms with van der Waals surface area (Å²) in [4.78, 5) is 24.9. The molecule has 0 saturated carbocycles. The zero-order valence-corrected chi connectivity index (χ0v) is 12.8. The molecule has 0 aromatic heterocycles. The van der Waals surface area contributed by atoms with Crippen LogP contribution in [0.1, 0.15) is 17.3 Å². The van der Waals surface area contributed by atoms with Gasteiger partial charge in [0.05, 0.1) is 5.69 Å². The van der Waals surface area contributed by atoms with E-state index in [2.05, 4.69) is 5.32 Å². The molecule has 0 atom stereocenters. The Morgan fingerprint density at radius 3 is 2.14 bits per heavy atom. The number of amides is 2. The van der Waals surface area contributed by atoms with Crippen molar-refractivity contribution in [1.82, 2.24) is 0 Å². The Hall–Kier alpha value is -2.73. The standard InChI is InChI=1S/C16H15N3O2S/c1-11(20)18-13-9-7-12(8-10-13)15(21)19(16(17)22)14-5-3-2-4-6-14/h2-10H,1H3,(H2,17,22)(H,18,20). The lowest BCUT2D eigenvalue weighted by Gasteiger charge is -2.21. The maximum Gasteiger partial charge on any atom is 0.264 e. The highest BCUT2D eigenvalue weighted by molar-refractivity contribution is 7.80. The fraction of sp³-hybridized carbons (Fsp3) is 0.0625. The molecule has 0 spiro atoms. The Morgan fingerprint density at radius 2 is 1.64 bits per heavy atom. The van der Waals surface area contributed by atoms with Gasteiger partial charge in [0.15, 0.2) is 5.11 Å². The number of hydrogen-bond acceptors (Lipinski definition) is 3. The zero-order valence-electron chi connectivity index (χ0n) is 11.9. The van der Waals surface area contributed by atoms with Crippen LogP contribution in [0.15, 0.2) is 54.6 Å². The van der Waals surface area contributed by atoms with E-state index in [1.807, 2.05) is 6.07 Å². The number of para-hydroxylation sites is 1. The molecule has 2 rings (SSSR count). The maximum absolute atomic E-state index is 12.6. The monoisotopic (exact) mass is 313 g/mol. The molecule has 0 aliphatic rings. The molecule has 22 heavy (non-hydrogen) atoms. The molecule has 0 unspecified atom stereocenters. The van der Waals surface area contributed by atoms with E-state index >= 15 is 0 Å². The molecular formula is C16H15N3O2S. The van der Waals surface area contributed by atoms with E-state index in [-0.39, 0.29) is 16.9 Å². The number of hydrogen-bond donors (Lipinski definition) is 2. The minimum atomic E-state index is -0.326. The molecule has 6 heteroatoms. The fourth-order valence-corrected chi connectivity index (χ4v) is 2.14. The predicted molar refractivity (Wildman–Crippen MR) is 90.8 cm³/mol. The average Bonchev–Trinajstić information content (AvgIpc) is 2.48. The number of thiocarbonyl (C=S) groups is 1. The first-order chi connectivity index (χ1) is 10.5. The van der Waals surface area contributed by atoms with Crippen molar-refractivity contribution in [3.05, 3.63) is 60.2 Å². The summed E-state index contributed by atoms with van der Waals surface area (Å²) in [5.41, 5.74) is 7.32. The topological polar surface area (TPSA) is 75.4 Å². The Bertz CT molecular complexity index is 699. The molecule has 2 aromatic rings. The zero-order chi connectivity index (χ0) is 16.1. The summed E-state index contributed by atoms with van der Waals surface area (Å²) in [5, 5.41) is 2.61. The largest absolute Gasteiger partial charge is 0.376 e. The summed E-state index contributed by atoms with van der Waals surface area (Å²) in [7, 11) is 0. The van der Waals surface area contributed by atoms with Crippen molar-refractivity contribution in [2.75, 3.05) is 10.2 Å². The van der Waals surface area contributed by atoms with Crippen LogP contribution in [0.4, 0.5) is 11.4 Å². The lowest BCUT2D eigenvalue weighted by atomic mass is 10.1. The Kier molecular flexibility index (Phi) is 4.85. The van der Waals surface area contributed by atoms with Gasteiger partial charge in [0.25, 0.3) is 5.91 Å². The number of nitrogens with one attached hydrogen (secondary N) is 1. The minimum absolute atomic E-state index is 0.0258. The first kappa shape index (κ1) is 15.7. The molecule has 5 nitrogen and oxygen atoms in total. The first-order valence-corrected chi connectivity index (χ1v) is 6.96. The summed E-state index contributed by atoms with van der Waals surface area (Å²) < 4.78 is 0. The molecule has 3 N–H and O–H groups in total. The van der Waals surface area contributed by atoms with Crippen LogP contribution in [0, 0.1) is 0 Å². The predicted octanol–water partition coefficient (Wildman–Crippen LogP) is 2.54. The number of carbonyl (C=O) groups is 2. The first-order valence-electron chi connectivity index (χ1n) is 6.55. The number of nitrogens with zero attached hydrogens (tertiary/aromatic N) is 1. The van der Waals surface area contributed by atoms with Crippen molar-refractivity contribution in [2.45, 2.75) is 6.92 Å². The average molecular weight is 313 g/mol. The van der Waals surface area contributed by atoms with Crippen LogP contribution in [-0.4, -0.2) is 16.9 Å². The Labute approximate surface area is 133 Å². The van der Waals surface area contributed by atoms with Crippen molar-refractivity contribution >= 4 is 40.5 Å². The van der Waals surface area contributed by atoms with Gasteiger partial charge in [-0.3, -0.25) is 14.5 Å². The molecule has 0 aliphatic heterocycles. The van der Waals surface area contributed by atoms with E-state index in [1.165, 1.54) is 11.8 Å². The van der Waals surface area contributed by atoms with Crippen molar-refractivity contribution in [3.8, 4) is 0 Å².